The molecule has 1 amide bonds. The number of rotatable bonds is 7. The smallest absolute Gasteiger partial charge is 0.223 e. The number of nitrogens with one attached hydrogen (secondary N) is 1. The van der Waals surface area contributed by atoms with Gasteiger partial charge in [0.25, 0.3) is 0 Å². The number of aryl methyl sites for hydroxylation is 1. The summed E-state index contributed by atoms with van der Waals surface area (Å²) in [6.45, 7) is 5.83. The molecule has 3 rings (SSSR count). The van der Waals surface area contributed by atoms with Gasteiger partial charge in [-0.1, -0.05) is 24.3 Å². The maximum Gasteiger partial charge on any atom is 0.223 e. The lowest BCUT2D eigenvalue weighted by molar-refractivity contribution is -0.126. The molecule has 2 fully saturated rings. The third-order valence-electron chi connectivity index (χ3n) is 6.51. The predicted octanol–water partition coefficient (Wildman–Crippen LogP) is 2.38. The average molecular weight is 422 g/mol. The van der Waals surface area contributed by atoms with Crippen molar-refractivity contribution in [2.75, 3.05) is 39.8 Å². The fourth-order valence-electron chi connectivity index (χ4n) is 4.35. The first-order valence-electron chi connectivity index (χ1n) is 10.8. The molecule has 0 bridgehead atoms. The van der Waals surface area contributed by atoms with Gasteiger partial charge in [0.05, 0.1) is 5.75 Å². The Morgan fingerprint density at radius 3 is 2.38 bits per heavy atom. The fraction of sp³-hybridized carbons (Fsp3) is 0.682. The molecule has 2 saturated heterocycles. The Bertz CT molecular complexity index is 780. The second kappa shape index (κ2) is 10.0. The summed E-state index contributed by atoms with van der Waals surface area (Å²) in [5.74, 6) is 0.763. The number of hydrogen-bond acceptors (Lipinski definition) is 4. The van der Waals surface area contributed by atoms with Crippen molar-refractivity contribution in [2.24, 2.45) is 11.8 Å². The predicted molar refractivity (Wildman–Crippen MR) is 116 cm³/mol. The zero-order valence-electron chi connectivity index (χ0n) is 17.8. The molecule has 2 heterocycles. The normalized spacial score (nSPS) is 20.6. The Morgan fingerprint density at radius 2 is 1.72 bits per heavy atom. The van der Waals surface area contributed by atoms with Crippen LogP contribution in [0.15, 0.2) is 24.3 Å². The van der Waals surface area contributed by atoms with Crippen molar-refractivity contribution in [3.05, 3.63) is 35.4 Å². The summed E-state index contributed by atoms with van der Waals surface area (Å²) >= 11 is 0. The van der Waals surface area contributed by atoms with Crippen molar-refractivity contribution in [3.63, 3.8) is 0 Å². The molecule has 2 aliphatic heterocycles. The summed E-state index contributed by atoms with van der Waals surface area (Å²) in [5, 5.41) is 3.09. The highest BCUT2D eigenvalue weighted by molar-refractivity contribution is 7.88. The van der Waals surface area contributed by atoms with Gasteiger partial charge in [-0.3, -0.25) is 4.79 Å². The Labute approximate surface area is 175 Å². The van der Waals surface area contributed by atoms with Gasteiger partial charge in [-0.25, -0.2) is 12.7 Å². The Balaban J connectivity index is 1.41. The molecule has 0 radical (unpaired) electrons. The van der Waals surface area contributed by atoms with Crippen molar-refractivity contribution in [3.8, 4) is 0 Å². The second-order valence-corrected chi connectivity index (χ2v) is 10.7. The molecule has 0 saturated carbocycles. The van der Waals surface area contributed by atoms with Crippen LogP contribution in [0.4, 0.5) is 0 Å². The lowest BCUT2D eigenvalue weighted by atomic mass is 9.93. The van der Waals surface area contributed by atoms with Crippen LogP contribution in [0.1, 0.15) is 43.2 Å². The van der Waals surface area contributed by atoms with E-state index in [0.717, 1.165) is 37.2 Å². The van der Waals surface area contributed by atoms with Crippen LogP contribution in [0.25, 0.3) is 0 Å². The highest BCUT2D eigenvalue weighted by atomic mass is 32.2. The highest BCUT2D eigenvalue weighted by Gasteiger charge is 2.31. The Morgan fingerprint density at radius 1 is 1.07 bits per heavy atom. The van der Waals surface area contributed by atoms with Crippen molar-refractivity contribution < 1.29 is 13.2 Å². The lowest BCUT2D eigenvalue weighted by Crippen LogP contribution is -2.43. The third-order valence-corrected chi connectivity index (χ3v) is 8.33. The van der Waals surface area contributed by atoms with Crippen LogP contribution in [0, 0.1) is 18.8 Å². The van der Waals surface area contributed by atoms with E-state index in [-0.39, 0.29) is 17.6 Å². The van der Waals surface area contributed by atoms with Gasteiger partial charge in [0.2, 0.25) is 15.9 Å². The zero-order chi connectivity index (χ0) is 20.9. The Kier molecular flexibility index (Phi) is 7.71. The SMILES string of the molecule is Cc1ccccc1CS(=O)(=O)N1CCC(C(=O)NCCC2CCN(C)CC2)CC1. The number of carbonyl (C=O) groups excluding carboxylic acids is 1. The topological polar surface area (TPSA) is 69.7 Å². The minimum absolute atomic E-state index is 0.0348. The minimum Gasteiger partial charge on any atom is -0.356 e. The molecule has 2 aliphatic rings. The van der Waals surface area contributed by atoms with Crippen LogP contribution in [-0.4, -0.2) is 63.3 Å². The zero-order valence-corrected chi connectivity index (χ0v) is 18.6. The number of likely N-dealkylation sites (tertiary alicyclic amines) is 1. The maximum absolute atomic E-state index is 12.8. The maximum atomic E-state index is 12.8. The summed E-state index contributed by atoms with van der Waals surface area (Å²) in [6, 6.07) is 7.60. The van der Waals surface area contributed by atoms with E-state index in [2.05, 4.69) is 17.3 Å². The highest BCUT2D eigenvalue weighted by Crippen LogP contribution is 2.23. The number of benzene rings is 1. The first kappa shape index (κ1) is 22.2. The molecular formula is C22H35N3O3S. The van der Waals surface area contributed by atoms with Crippen LogP contribution in [0.2, 0.25) is 0 Å². The molecule has 7 heteroatoms. The standard InChI is InChI=1S/C22H35N3O3S/c1-18-5-3-4-6-21(18)17-29(27,28)25-15-10-20(11-16-25)22(26)23-12-7-19-8-13-24(2)14-9-19/h3-6,19-20H,7-17H2,1-2H3,(H,23,26). The van der Waals surface area contributed by atoms with Gasteiger partial charge >= 0.3 is 0 Å². The number of piperidine rings is 2. The molecule has 0 aromatic heterocycles. The molecule has 0 unspecified atom stereocenters. The minimum atomic E-state index is -3.35. The molecule has 162 valence electrons. The van der Waals surface area contributed by atoms with Gasteiger partial charge in [0, 0.05) is 25.6 Å². The first-order valence-corrected chi connectivity index (χ1v) is 12.4. The molecular weight excluding hydrogens is 386 g/mol. The van der Waals surface area contributed by atoms with Crippen LogP contribution >= 0.6 is 0 Å². The van der Waals surface area contributed by atoms with E-state index in [1.165, 1.54) is 12.8 Å². The summed E-state index contributed by atoms with van der Waals surface area (Å²) < 4.78 is 27.1. The summed E-state index contributed by atoms with van der Waals surface area (Å²) in [7, 11) is -1.19. The van der Waals surface area contributed by atoms with Gasteiger partial charge in [-0.15, -0.1) is 0 Å². The summed E-state index contributed by atoms with van der Waals surface area (Å²) in [6.07, 6.45) is 4.68. The lowest BCUT2D eigenvalue weighted by Gasteiger charge is -2.31. The van der Waals surface area contributed by atoms with Crippen molar-refractivity contribution in [1.82, 2.24) is 14.5 Å². The number of nitrogens with zero attached hydrogens (tertiary/aromatic N) is 2. The molecule has 1 N–H and O–H groups in total. The van der Waals surface area contributed by atoms with Gasteiger partial charge in [0.1, 0.15) is 0 Å². The second-order valence-electron chi connectivity index (χ2n) is 8.68. The van der Waals surface area contributed by atoms with Gasteiger partial charge in [0.15, 0.2) is 0 Å². The van der Waals surface area contributed by atoms with Gasteiger partial charge in [-0.05, 0) is 76.2 Å². The number of hydrogen-bond donors (Lipinski definition) is 1. The van der Waals surface area contributed by atoms with Gasteiger partial charge in [-0.2, -0.15) is 0 Å². The molecule has 1 aromatic rings. The molecule has 1 aromatic carbocycles. The molecule has 0 spiro atoms. The van der Waals surface area contributed by atoms with E-state index in [0.29, 0.717) is 31.8 Å². The van der Waals surface area contributed by atoms with Crippen molar-refractivity contribution in [1.29, 1.82) is 0 Å². The third kappa shape index (κ3) is 6.27. The molecule has 0 aliphatic carbocycles. The molecule has 6 nitrogen and oxygen atoms in total. The number of amides is 1. The van der Waals surface area contributed by atoms with E-state index in [4.69, 9.17) is 0 Å². The van der Waals surface area contributed by atoms with E-state index in [1.54, 1.807) is 4.31 Å². The van der Waals surface area contributed by atoms with Crippen LogP contribution in [0.3, 0.4) is 0 Å². The van der Waals surface area contributed by atoms with Crippen molar-refractivity contribution in [2.45, 2.75) is 44.8 Å². The first-order chi connectivity index (χ1) is 13.8. The van der Waals surface area contributed by atoms with Gasteiger partial charge < -0.3 is 10.2 Å². The quantitative estimate of drug-likeness (QED) is 0.734. The summed E-state index contributed by atoms with van der Waals surface area (Å²) in [4.78, 5) is 14.9. The fourth-order valence-corrected chi connectivity index (χ4v) is 6.02. The van der Waals surface area contributed by atoms with Crippen LogP contribution in [-0.2, 0) is 20.6 Å². The van der Waals surface area contributed by atoms with E-state index in [1.807, 2.05) is 31.2 Å². The monoisotopic (exact) mass is 421 g/mol. The van der Waals surface area contributed by atoms with Crippen molar-refractivity contribution >= 4 is 15.9 Å². The van der Waals surface area contributed by atoms with E-state index >= 15 is 0 Å². The number of carbonyl (C=O) groups is 1. The molecule has 0 atom stereocenters. The van der Waals surface area contributed by atoms with Crippen LogP contribution in [0.5, 0.6) is 0 Å². The average Bonchev–Trinajstić information content (AvgIpc) is 2.71. The van der Waals surface area contributed by atoms with E-state index in [9.17, 15) is 13.2 Å². The summed E-state index contributed by atoms with van der Waals surface area (Å²) in [5.41, 5.74) is 1.84. The van der Waals surface area contributed by atoms with Crippen LogP contribution < -0.4 is 5.32 Å². The largest absolute Gasteiger partial charge is 0.356 e. The molecule has 29 heavy (non-hydrogen) atoms. The Hall–Kier alpha value is -1.44. The van der Waals surface area contributed by atoms with E-state index < -0.39 is 10.0 Å². The number of sulfonamides is 1.